The first kappa shape index (κ1) is 15.5. The van der Waals surface area contributed by atoms with Crippen LogP contribution in [0.1, 0.15) is 67.2 Å². The Morgan fingerprint density at radius 3 is 2.17 bits per heavy atom. The molecule has 0 aliphatic heterocycles. The van der Waals surface area contributed by atoms with Gasteiger partial charge in [0.1, 0.15) is 11.1 Å². The van der Waals surface area contributed by atoms with Crippen LogP contribution in [-0.2, 0) is 9.53 Å². The maximum Gasteiger partial charge on any atom is 0.326 e. The molecular weight excluding hydrogens is 226 g/mol. The van der Waals surface area contributed by atoms with Gasteiger partial charge in [0, 0.05) is 0 Å². The first-order valence-corrected chi connectivity index (χ1v) is 6.99. The maximum absolute atomic E-state index is 12.4. The van der Waals surface area contributed by atoms with Gasteiger partial charge in [0.25, 0.3) is 0 Å². The van der Waals surface area contributed by atoms with Crippen molar-refractivity contribution < 1.29 is 9.53 Å². The Kier molecular flexibility index (Phi) is 4.16. The minimum absolute atomic E-state index is 0.0338. The van der Waals surface area contributed by atoms with Crippen LogP contribution < -0.4 is 5.73 Å². The van der Waals surface area contributed by atoms with Crippen molar-refractivity contribution in [3.05, 3.63) is 0 Å². The van der Waals surface area contributed by atoms with Crippen LogP contribution in [0, 0.1) is 11.3 Å². The maximum atomic E-state index is 12.4. The summed E-state index contributed by atoms with van der Waals surface area (Å²) in [5.41, 5.74) is 5.21. The Bertz CT molecular complexity index is 311. The van der Waals surface area contributed by atoms with Crippen LogP contribution in [0.3, 0.4) is 0 Å². The standard InChI is InChI=1S/C15H29NO2/c1-13(2,3)11-9-7-8-10-15(11,16)12(17)18-14(4,5)6/h11H,7-10,16H2,1-6H3/t11-,15+/m0/s1. The number of nitrogens with two attached hydrogens (primary N) is 1. The van der Waals surface area contributed by atoms with E-state index < -0.39 is 11.1 Å². The quantitative estimate of drug-likeness (QED) is 0.732. The molecule has 1 saturated carbocycles. The summed E-state index contributed by atoms with van der Waals surface area (Å²) in [6.45, 7) is 12.2. The van der Waals surface area contributed by atoms with Gasteiger partial charge in [-0.2, -0.15) is 0 Å². The highest BCUT2D eigenvalue weighted by molar-refractivity contribution is 5.81. The lowest BCUT2D eigenvalue weighted by Gasteiger charge is -2.46. The molecule has 0 aromatic carbocycles. The van der Waals surface area contributed by atoms with E-state index in [4.69, 9.17) is 10.5 Å². The van der Waals surface area contributed by atoms with Gasteiger partial charge in [-0.25, -0.2) is 0 Å². The Labute approximate surface area is 111 Å². The van der Waals surface area contributed by atoms with Crippen molar-refractivity contribution in [2.24, 2.45) is 17.1 Å². The molecule has 1 rings (SSSR count). The molecule has 0 unspecified atom stereocenters. The molecule has 2 N–H and O–H groups in total. The molecule has 0 radical (unpaired) electrons. The predicted octanol–water partition coefficient (Wildman–Crippen LogP) is 3.26. The Morgan fingerprint density at radius 1 is 1.17 bits per heavy atom. The number of hydrogen-bond donors (Lipinski definition) is 1. The number of ether oxygens (including phenoxy) is 1. The summed E-state index contributed by atoms with van der Waals surface area (Å²) >= 11 is 0. The van der Waals surface area contributed by atoms with Gasteiger partial charge < -0.3 is 10.5 Å². The highest BCUT2D eigenvalue weighted by Crippen LogP contribution is 2.44. The molecule has 0 heterocycles. The average Bonchev–Trinajstić information content (AvgIpc) is 2.13. The summed E-state index contributed by atoms with van der Waals surface area (Å²) in [6, 6.07) is 0. The van der Waals surface area contributed by atoms with E-state index in [2.05, 4.69) is 20.8 Å². The summed E-state index contributed by atoms with van der Waals surface area (Å²) in [5, 5.41) is 0. The third-order valence-corrected chi connectivity index (χ3v) is 3.78. The monoisotopic (exact) mass is 255 g/mol. The molecule has 106 valence electrons. The molecule has 0 aromatic rings. The fraction of sp³-hybridized carbons (Fsp3) is 0.933. The molecule has 1 aliphatic carbocycles. The zero-order valence-electron chi connectivity index (χ0n) is 12.8. The van der Waals surface area contributed by atoms with Crippen LogP contribution in [0.15, 0.2) is 0 Å². The van der Waals surface area contributed by atoms with E-state index in [1.807, 2.05) is 20.8 Å². The van der Waals surface area contributed by atoms with Crippen LogP contribution in [-0.4, -0.2) is 17.1 Å². The second kappa shape index (κ2) is 4.84. The molecule has 0 spiro atoms. The van der Waals surface area contributed by atoms with E-state index in [0.29, 0.717) is 0 Å². The van der Waals surface area contributed by atoms with Crippen LogP contribution in [0.4, 0.5) is 0 Å². The molecule has 3 nitrogen and oxygen atoms in total. The minimum Gasteiger partial charge on any atom is -0.459 e. The van der Waals surface area contributed by atoms with E-state index in [-0.39, 0.29) is 17.3 Å². The highest BCUT2D eigenvalue weighted by Gasteiger charge is 2.50. The summed E-state index contributed by atoms with van der Waals surface area (Å²) in [6.07, 6.45) is 3.93. The van der Waals surface area contributed by atoms with Crippen molar-refractivity contribution in [3.8, 4) is 0 Å². The van der Waals surface area contributed by atoms with E-state index in [1.54, 1.807) is 0 Å². The average molecular weight is 255 g/mol. The summed E-state index contributed by atoms with van der Waals surface area (Å²) < 4.78 is 5.54. The van der Waals surface area contributed by atoms with Gasteiger partial charge in [-0.1, -0.05) is 33.6 Å². The first-order chi connectivity index (χ1) is 7.97. The lowest BCUT2D eigenvalue weighted by atomic mass is 9.62. The predicted molar refractivity (Wildman–Crippen MR) is 74.2 cm³/mol. The van der Waals surface area contributed by atoms with Crippen molar-refractivity contribution in [1.29, 1.82) is 0 Å². The van der Waals surface area contributed by atoms with Crippen LogP contribution in [0.5, 0.6) is 0 Å². The minimum atomic E-state index is -0.816. The van der Waals surface area contributed by atoms with Crippen LogP contribution in [0.2, 0.25) is 0 Å². The van der Waals surface area contributed by atoms with E-state index in [1.165, 1.54) is 0 Å². The number of carbonyl (C=O) groups is 1. The van der Waals surface area contributed by atoms with Gasteiger partial charge in [-0.05, 0) is 44.9 Å². The number of hydrogen-bond acceptors (Lipinski definition) is 3. The van der Waals surface area contributed by atoms with Crippen LogP contribution in [0.25, 0.3) is 0 Å². The van der Waals surface area contributed by atoms with Crippen molar-refractivity contribution in [2.45, 2.75) is 78.4 Å². The van der Waals surface area contributed by atoms with Crippen molar-refractivity contribution in [3.63, 3.8) is 0 Å². The van der Waals surface area contributed by atoms with Crippen molar-refractivity contribution in [1.82, 2.24) is 0 Å². The fourth-order valence-corrected chi connectivity index (χ4v) is 3.02. The van der Waals surface area contributed by atoms with Crippen LogP contribution >= 0.6 is 0 Å². The molecular formula is C15H29NO2. The van der Waals surface area contributed by atoms with E-state index in [9.17, 15) is 4.79 Å². The second-order valence-corrected chi connectivity index (χ2v) is 7.71. The lowest BCUT2D eigenvalue weighted by Crippen LogP contribution is -2.60. The van der Waals surface area contributed by atoms with Gasteiger partial charge in [0.2, 0.25) is 0 Å². The molecule has 0 aromatic heterocycles. The largest absolute Gasteiger partial charge is 0.459 e. The molecule has 18 heavy (non-hydrogen) atoms. The molecule has 1 fully saturated rings. The van der Waals surface area contributed by atoms with Gasteiger partial charge in [0.15, 0.2) is 0 Å². The van der Waals surface area contributed by atoms with Gasteiger partial charge in [-0.3, -0.25) is 4.79 Å². The number of rotatable bonds is 1. The molecule has 3 heteroatoms. The topological polar surface area (TPSA) is 52.3 Å². The fourth-order valence-electron chi connectivity index (χ4n) is 3.02. The number of esters is 1. The van der Waals surface area contributed by atoms with E-state index in [0.717, 1.165) is 25.7 Å². The molecule has 0 saturated heterocycles. The van der Waals surface area contributed by atoms with Gasteiger partial charge in [0.05, 0.1) is 0 Å². The Hall–Kier alpha value is -0.570. The summed E-state index contributed by atoms with van der Waals surface area (Å²) in [7, 11) is 0. The lowest BCUT2D eigenvalue weighted by molar-refractivity contribution is -0.168. The summed E-state index contributed by atoms with van der Waals surface area (Å²) in [4.78, 5) is 12.4. The summed E-state index contributed by atoms with van der Waals surface area (Å²) in [5.74, 6) is -0.0387. The smallest absolute Gasteiger partial charge is 0.326 e. The normalized spacial score (nSPS) is 30.1. The van der Waals surface area contributed by atoms with Crippen molar-refractivity contribution >= 4 is 5.97 Å². The zero-order valence-corrected chi connectivity index (χ0v) is 12.8. The zero-order chi connectivity index (χ0) is 14.2. The Morgan fingerprint density at radius 2 is 1.72 bits per heavy atom. The molecule has 2 atom stereocenters. The molecule has 0 bridgehead atoms. The van der Waals surface area contributed by atoms with Crippen molar-refractivity contribution in [2.75, 3.05) is 0 Å². The third-order valence-electron chi connectivity index (χ3n) is 3.78. The SMILES string of the molecule is CC(C)(C)OC(=O)[C@@]1(N)CCCC[C@H]1C(C)(C)C. The molecule has 0 amide bonds. The number of carbonyl (C=O) groups excluding carboxylic acids is 1. The second-order valence-electron chi connectivity index (χ2n) is 7.71. The van der Waals surface area contributed by atoms with Gasteiger partial charge in [-0.15, -0.1) is 0 Å². The third kappa shape index (κ3) is 3.47. The highest BCUT2D eigenvalue weighted by atomic mass is 16.6. The first-order valence-electron chi connectivity index (χ1n) is 6.99. The molecule has 1 aliphatic rings. The van der Waals surface area contributed by atoms with Gasteiger partial charge >= 0.3 is 5.97 Å². The Balaban J connectivity index is 2.95. The van der Waals surface area contributed by atoms with E-state index >= 15 is 0 Å².